The minimum absolute atomic E-state index is 0. The van der Waals surface area contributed by atoms with Crippen LogP contribution in [0.2, 0.25) is 0 Å². The molecule has 2 aromatic rings. The van der Waals surface area contributed by atoms with Gasteiger partial charge in [0.05, 0.1) is 0 Å². The lowest BCUT2D eigenvalue weighted by Crippen LogP contribution is -2.16. The van der Waals surface area contributed by atoms with Gasteiger partial charge < -0.3 is 10.1 Å². The van der Waals surface area contributed by atoms with Crippen LogP contribution >= 0.6 is 24.8 Å². The molecule has 0 atom stereocenters. The Morgan fingerprint density at radius 2 is 1.84 bits per heavy atom. The summed E-state index contributed by atoms with van der Waals surface area (Å²) in [5.74, 6) is 0.761. The normalized spacial score (nSPS) is 13.1. The summed E-state index contributed by atoms with van der Waals surface area (Å²) in [5.41, 5.74) is 3.56. The monoisotopic (exact) mass is 298 g/mol. The Morgan fingerprint density at radius 1 is 1.05 bits per heavy atom. The van der Waals surface area contributed by atoms with E-state index in [-0.39, 0.29) is 24.8 Å². The molecule has 0 fully saturated rings. The lowest BCUT2D eigenvalue weighted by Gasteiger charge is -2.10. The second kappa shape index (κ2) is 7.34. The van der Waals surface area contributed by atoms with E-state index in [0.717, 1.165) is 24.5 Å². The Kier molecular flexibility index (Phi) is 6.09. The lowest BCUT2D eigenvalue weighted by atomic mass is 10.0. The molecule has 0 bridgehead atoms. The van der Waals surface area contributed by atoms with Gasteiger partial charge in [-0.05, 0) is 17.2 Å². The van der Waals surface area contributed by atoms with Crippen LogP contribution in [-0.4, -0.2) is 18.1 Å². The molecule has 0 unspecified atom stereocenters. The number of nitrogens with zero attached hydrogens (tertiary/aromatic N) is 1. The Labute approximate surface area is 125 Å². The lowest BCUT2D eigenvalue weighted by molar-refractivity contribution is 0.314. The Hall–Kier alpha value is -1.29. The maximum Gasteiger partial charge on any atom is 0.218 e. The maximum atomic E-state index is 5.64. The van der Waals surface area contributed by atoms with Gasteiger partial charge in [-0.3, -0.25) is 0 Å². The Balaban J connectivity index is 0.000000902. The molecule has 1 aromatic carbocycles. The summed E-state index contributed by atoms with van der Waals surface area (Å²) in [6, 6.07) is 12.4. The zero-order valence-corrected chi connectivity index (χ0v) is 12.0. The highest BCUT2D eigenvalue weighted by Crippen LogP contribution is 2.29. The molecule has 19 heavy (non-hydrogen) atoms. The zero-order chi connectivity index (χ0) is 11.5. The van der Waals surface area contributed by atoms with Crippen molar-refractivity contribution in [3.63, 3.8) is 0 Å². The first-order valence-corrected chi connectivity index (χ1v) is 5.82. The zero-order valence-electron chi connectivity index (χ0n) is 10.3. The first-order valence-electron chi connectivity index (χ1n) is 5.82. The van der Waals surface area contributed by atoms with Gasteiger partial charge in [-0.2, -0.15) is 0 Å². The van der Waals surface area contributed by atoms with Crippen molar-refractivity contribution in [2.45, 2.75) is 6.54 Å². The van der Waals surface area contributed by atoms with Crippen LogP contribution in [-0.2, 0) is 6.54 Å². The number of hydrogen-bond donors (Lipinski definition) is 1. The summed E-state index contributed by atoms with van der Waals surface area (Å²) in [6.45, 7) is 2.36. The highest BCUT2D eigenvalue weighted by molar-refractivity contribution is 5.85. The summed E-state index contributed by atoms with van der Waals surface area (Å²) in [4.78, 5) is 4.30. The van der Waals surface area contributed by atoms with E-state index in [1.807, 2.05) is 30.5 Å². The molecule has 0 radical (unpaired) electrons. The molecule has 1 aromatic heterocycles. The topological polar surface area (TPSA) is 34.2 Å². The van der Waals surface area contributed by atoms with Crippen molar-refractivity contribution in [3.8, 4) is 17.0 Å². The van der Waals surface area contributed by atoms with E-state index in [2.05, 4.69) is 22.4 Å². The highest BCUT2D eigenvalue weighted by atomic mass is 35.5. The largest absolute Gasteiger partial charge is 0.476 e. The summed E-state index contributed by atoms with van der Waals surface area (Å²) >= 11 is 0. The number of aromatic nitrogens is 1. The molecule has 3 nitrogen and oxygen atoms in total. The first-order chi connectivity index (χ1) is 8.45. The van der Waals surface area contributed by atoms with E-state index in [0.29, 0.717) is 6.61 Å². The summed E-state index contributed by atoms with van der Waals surface area (Å²) < 4.78 is 5.64. The Bertz CT molecular complexity index is 520. The molecule has 102 valence electrons. The van der Waals surface area contributed by atoms with Crippen molar-refractivity contribution < 1.29 is 4.74 Å². The van der Waals surface area contributed by atoms with E-state index in [4.69, 9.17) is 4.74 Å². The van der Waals surface area contributed by atoms with Crippen molar-refractivity contribution in [1.29, 1.82) is 0 Å². The molecule has 0 aliphatic carbocycles. The SMILES string of the molecule is Cl.Cl.c1ccc(-c2ccnc3c2CNCCO3)cc1. The highest BCUT2D eigenvalue weighted by Gasteiger charge is 2.14. The minimum atomic E-state index is 0. The first kappa shape index (κ1) is 15.8. The van der Waals surface area contributed by atoms with Gasteiger partial charge in [0.15, 0.2) is 0 Å². The summed E-state index contributed by atoms with van der Waals surface area (Å²) in [5, 5.41) is 3.35. The molecule has 0 saturated heterocycles. The molecule has 0 amide bonds. The smallest absolute Gasteiger partial charge is 0.218 e. The molecule has 3 rings (SSSR count). The number of hydrogen-bond acceptors (Lipinski definition) is 3. The van der Waals surface area contributed by atoms with Gasteiger partial charge in [0.25, 0.3) is 0 Å². The van der Waals surface area contributed by atoms with Gasteiger partial charge >= 0.3 is 0 Å². The molecular formula is C14H16Cl2N2O. The Morgan fingerprint density at radius 3 is 2.63 bits per heavy atom. The van der Waals surface area contributed by atoms with Crippen LogP contribution in [0.3, 0.4) is 0 Å². The number of ether oxygens (including phenoxy) is 1. The van der Waals surface area contributed by atoms with Gasteiger partial charge in [-0.15, -0.1) is 24.8 Å². The molecule has 0 spiro atoms. The van der Waals surface area contributed by atoms with Crippen molar-refractivity contribution in [2.75, 3.05) is 13.2 Å². The fourth-order valence-electron chi connectivity index (χ4n) is 2.09. The maximum absolute atomic E-state index is 5.64. The fourth-order valence-corrected chi connectivity index (χ4v) is 2.09. The van der Waals surface area contributed by atoms with Crippen molar-refractivity contribution in [1.82, 2.24) is 10.3 Å². The predicted octanol–water partition coefficient (Wildman–Crippen LogP) is 3.07. The van der Waals surface area contributed by atoms with Crippen LogP contribution < -0.4 is 10.1 Å². The predicted molar refractivity (Wildman–Crippen MR) is 81.4 cm³/mol. The van der Waals surface area contributed by atoms with Crippen LogP contribution in [0.1, 0.15) is 5.56 Å². The van der Waals surface area contributed by atoms with Crippen molar-refractivity contribution in [3.05, 3.63) is 48.2 Å². The molecular weight excluding hydrogens is 283 g/mol. The number of pyridine rings is 1. The number of fused-ring (bicyclic) bond motifs is 1. The number of halogens is 2. The van der Waals surface area contributed by atoms with E-state index in [1.165, 1.54) is 11.1 Å². The van der Waals surface area contributed by atoms with Gasteiger partial charge in [-0.25, -0.2) is 4.98 Å². The third kappa shape index (κ3) is 3.38. The van der Waals surface area contributed by atoms with E-state index in [1.54, 1.807) is 0 Å². The van der Waals surface area contributed by atoms with Crippen molar-refractivity contribution in [2.24, 2.45) is 0 Å². The van der Waals surface area contributed by atoms with Crippen LogP contribution in [0.15, 0.2) is 42.6 Å². The molecule has 1 aliphatic heterocycles. The fraction of sp³-hybridized carbons (Fsp3) is 0.214. The third-order valence-electron chi connectivity index (χ3n) is 2.92. The minimum Gasteiger partial charge on any atom is -0.476 e. The molecule has 1 N–H and O–H groups in total. The second-order valence-electron chi connectivity index (χ2n) is 4.03. The van der Waals surface area contributed by atoms with Crippen LogP contribution in [0, 0.1) is 0 Å². The summed E-state index contributed by atoms with van der Waals surface area (Å²) in [6.07, 6.45) is 1.81. The number of benzene rings is 1. The molecule has 5 heteroatoms. The van der Waals surface area contributed by atoms with Crippen LogP contribution in [0.4, 0.5) is 0 Å². The van der Waals surface area contributed by atoms with E-state index in [9.17, 15) is 0 Å². The molecule has 1 aliphatic rings. The van der Waals surface area contributed by atoms with Gasteiger partial charge in [-0.1, -0.05) is 30.3 Å². The third-order valence-corrected chi connectivity index (χ3v) is 2.92. The van der Waals surface area contributed by atoms with Gasteiger partial charge in [0, 0.05) is 24.8 Å². The van der Waals surface area contributed by atoms with Gasteiger partial charge in [0.2, 0.25) is 5.88 Å². The summed E-state index contributed by atoms with van der Waals surface area (Å²) in [7, 11) is 0. The van der Waals surface area contributed by atoms with Crippen LogP contribution in [0.25, 0.3) is 11.1 Å². The average molecular weight is 299 g/mol. The number of nitrogens with one attached hydrogen (secondary N) is 1. The quantitative estimate of drug-likeness (QED) is 0.878. The van der Waals surface area contributed by atoms with E-state index >= 15 is 0 Å². The average Bonchev–Trinajstić information content (AvgIpc) is 2.64. The number of rotatable bonds is 1. The van der Waals surface area contributed by atoms with E-state index < -0.39 is 0 Å². The van der Waals surface area contributed by atoms with Gasteiger partial charge in [0.1, 0.15) is 6.61 Å². The molecule has 2 heterocycles. The van der Waals surface area contributed by atoms with Crippen LogP contribution in [0.5, 0.6) is 5.88 Å². The standard InChI is InChI=1S/C14H14N2O.2ClH/c1-2-4-11(5-3-1)12-6-7-16-14-13(12)10-15-8-9-17-14;;/h1-7,15H,8-10H2;2*1H. The second-order valence-corrected chi connectivity index (χ2v) is 4.03. The van der Waals surface area contributed by atoms with Crippen molar-refractivity contribution >= 4 is 24.8 Å². The molecule has 0 saturated carbocycles.